The summed E-state index contributed by atoms with van der Waals surface area (Å²) in [5.74, 6) is -0.271. The first-order chi connectivity index (χ1) is 17.6. The molecule has 0 radical (unpaired) electrons. The number of amides is 1. The Hall–Kier alpha value is -2.20. The van der Waals surface area contributed by atoms with Crippen LogP contribution in [0.15, 0.2) is 60.7 Å². The van der Waals surface area contributed by atoms with Gasteiger partial charge in [0.25, 0.3) is 18.4 Å². The fourth-order valence-electron chi connectivity index (χ4n) is 5.48. The first-order valence-corrected chi connectivity index (χ1v) is 16.9. The van der Waals surface area contributed by atoms with Crippen LogP contribution in [0.2, 0.25) is 5.04 Å². The maximum absolute atomic E-state index is 12.9. The molecule has 0 unspecified atom stereocenters. The van der Waals surface area contributed by atoms with Crippen LogP contribution < -0.4 is 15.7 Å². The number of rotatable bonds is 8. The molecular weight excluding hydrogens is 518 g/mol. The Labute approximate surface area is 229 Å². The second-order valence-electron chi connectivity index (χ2n) is 12.3. The highest BCUT2D eigenvalue weighted by molar-refractivity contribution is 7.85. The van der Waals surface area contributed by atoms with Crippen molar-refractivity contribution < 1.29 is 26.9 Å². The molecule has 9 heteroatoms. The summed E-state index contributed by atoms with van der Waals surface area (Å²) < 4.78 is 45.1. The number of hydrogen-bond donors (Lipinski definition) is 2. The fraction of sp³-hybridized carbons (Fsp3) is 0.552. The predicted octanol–water partition coefficient (Wildman–Crippen LogP) is 4.90. The third-order valence-corrected chi connectivity index (χ3v) is 12.9. The minimum Gasteiger partial charge on any atom is -0.444 e. The largest absolute Gasteiger partial charge is 0.444 e. The molecule has 38 heavy (non-hydrogen) atoms. The molecule has 3 atom stereocenters. The van der Waals surface area contributed by atoms with E-state index in [9.17, 15) is 17.8 Å². The van der Waals surface area contributed by atoms with Crippen molar-refractivity contribution in [1.29, 1.82) is 0 Å². The van der Waals surface area contributed by atoms with Gasteiger partial charge in [0.05, 0.1) is 17.9 Å². The molecule has 0 aliphatic heterocycles. The molecule has 1 fully saturated rings. The molecule has 1 aliphatic carbocycles. The van der Waals surface area contributed by atoms with Crippen LogP contribution in [0.1, 0.15) is 67.2 Å². The van der Waals surface area contributed by atoms with E-state index in [1.165, 1.54) is 0 Å². The summed E-state index contributed by atoms with van der Waals surface area (Å²) in [6.45, 7) is 12.1. The van der Waals surface area contributed by atoms with Crippen molar-refractivity contribution in [3.8, 4) is 0 Å². The third kappa shape index (κ3) is 7.91. The Morgan fingerprint density at radius 1 is 0.947 bits per heavy atom. The van der Waals surface area contributed by atoms with E-state index in [0.29, 0.717) is 19.3 Å². The van der Waals surface area contributed by atoms with Crippen molar-refractivity contribution in [2.75, 3.05) is 5.75 Å². The number of benzene rings is 2. The molecule has 0 heterocycles. The molecule has 0 saturated heterocycles. The van der Waals surface area contributed by atoms with Crippen LogP contribution in [-0.4, -0.2) is 50.9 Å². The zero-order chi connectivity index (χ0) is 28.2. The summed E-state index contributed by atoms with van der Waals surface area (Å²) in [5.41, 5.74) is -0.655. The highest BCUT2D eigenvalue weighted by Crippen LogP contribution is 2.40. The number of carbonyl (C=O) groups is 1. The molecule has 3 rings (SSSR count). The van der Waals surface area contributed by atoms with E-state index in [2.05, 4.69) is 50.4 Å². The third-order valence-electron chi connectivity index (χ3n) is 7.13. The van der Waals surface area contributed by atoms with Gasteiger partial charge in [0.1, 0.15) is 5.60 Å². The van der Waals surface area contributed by atoms with E-state index in [1.54, 1.807) is 0 Å². The van der Waals surface area contributed by atoms with Gasteiger partial charge in [-0.25, -0.2) is 4.79 Å². The van der Waals surface area contributed by atoms with Gasteiger partial charge in [-0.15, -0.1) is 0 Å². The van der Waals surface area contributed by atoms with Crippen LogP contribution in [0.4, 0.5) is 4.79 Å². The van der Waals surface area contributed by atoms with E-state index in [4.69, 9.17) is 9.16 Å². The summed E-state index contributed by atoms with van der Waals surface area (Å²) in [6, 6.07) is 20.3. The molecule has 7 nitrogen and oxygen atoms in total. The lowest BCUT2D eigenvalue weighted by molar-refractivity contribution is 0.0340. The normalized spacial score (nSPS) is 21.1. The maximum Gasteiger partial charge on any atom is 0.407 e. The molecular formula is C29H43NO6SSi. The summed E-state index contributed by atoms with van der Waals surface area (Å²) in [4.78, 5) is 12.9. The first kappa shape index (κ1) is 30.3. The molecule has 2 N–H and O–H groups in total. The van der Waals surface area contributed by atoms with Gasteiger partial charge in [0, 0.05) is 0 Å². The van der Waals surface area contributed by atoms with Crippen molar-refractivity contribution in [2.45, 2.75) is 90.0 Å². The first-order valence-electron chi connectivity index (χ1n) is 13.3. The minimum absolute atomic E-state index is 0.0239. The summed E-state index contributed by atoms with van der Waals surface area (Å²) in [5, 5.41) is 5.14. The molecule has 0 spiro atoms. The van der Waals surface area contributed by atoms with E-state index in [1.807, 2.05) is 57.2 Å². The minimum atomic E-state index is -4.06. The van der Waals surface area contributed by atoms with E-state index >= 15 is 0 Å². The number of hydrogen-bond acceptors (Lipinski definition) is 5. The topological polar surface area (TPSA) is 102 Å². The summed E-state index contributed by atoms with van der Waals surface area (Å²) in [7, 11) is -6.93. The Morgan fingerprint density at radius 3 is 1.92 bits per heavy atom. The summed E-state index contributed by atoms with van der Waals surface area (Å²) >= 11 is 0. The quantitative estimate of drug-likeness (QED) is 0.351. The number of carbonyl (C=O) groups excluding carboxylic acids is 1. The van der Waals surface area contributed by atoms with Crippen molar-refractivity contribution >= 4 is 34.9 Å². The average Bonchev–Trinajstić information content (AvgIpc) is 2.81. The van der Waals surface area contributed by atoms with E-state index in [-0.39, 0.29) is 28.9 Å². The van der Waals surface area contributed by atoms with Gasteiger partial charge in [0.2, 0.25) is 0 Å². The number of ether oxygens (including phenoxy) is 1. The lowest BCUT2D eigenvalue weighted by Crippen LogP contribution is -2.69. The Kier molecular flexibility index (Phi) is 9.50. The second-order valence-corrected chi connectivity index (χ2v) is 18.2. The number of alkyl carbamates (subject to hydrolysis) is 1. The SMILES string of the molecule is CC(C)(C)OC(=O)N[C@H]1C[C@H](CCS(=O)(=O)O)CC[C@@H]1O[Si](c1ccccc1)(c1ccccc1)C(C)(C)C. The van der Waals surface area contributed by atoms with Gasteiger partial charge in [0.15, 0.2) is 0 Å². The van der Waals surface area contributed by atoms with Gasteiger partial charge < -0.3 is 14.5 Å². The molecule has 1 amide bonds. The van der Waals surface area contributed by atoms with Gasteiger partial charge in [-0.1, -0.05) is 81.4 Å². The number of nitrogens with one attached hydrogen (secondary N) is 1. The lowest BCUT2D eigenvalue weighted by Gasteiger charge is -2.48. The average molecular weight is 562 g/mol. The fourth-order valence-corrected chi connectivity index (χ4v) is 10.9. The van der Waals surface area contributed by atoms with Crippen molar-refractivity contribution in [3.05, 3.63) is 60.7 Å². The smallest absolute Gasteiger partial charge is 0.407 e. The van der Waals surface area contributed by atoms with Crippen LogP contribution in [0, 0.1) is 5.92 Å². The zero-order valence-corrected chi connectivity index (χ0v) is 25.3. The molecule has 0 bridgehead atoms. The molecule has 1 saturated carbocycles. The van der Waals surface area contributed by atoms with Crippen LogP contribution >= 0.6 is 0 Å². The second kappa shape index (κ2) is 11.9. The van der Waals surface area contributed by atoms with Crippen molar-refractivity contribution in [2.24, 2.45) is 5.92 Å². The van der Waals surface area contributed by atoms with Gasteiger partial charge in [-0.2, -0.15) is 8.42 Å². The monoisotopic (exact) mass is 561 g/mol. The Morgan fingerprint density at radius 2 is 1.47 bits per heavy atom. The summed E-state index contributed by atoms with van der Waals surface area (Å²) in [6.07, 6.45) is 1.45. The Balaban J connectivity index is 2.01. The van der Waals surface area contributed by atoms with E-state index in [0.717, 1.165) is 16.8 Å². The van der Waals surface area contributed by atoms with Gasteiger partial charge in [-0.3, -0.25) is 4.55 Å². The standard InChI is InChI=1S/C29H43NO6SSi/c1-28(2,3)35-27(31)30-25-21-22(19-20-37(32,33)34)17-18-26(25)36-38(29(4,5)6,23-13-9-7-10-14-23)24-15-11-8-12-16-24/h7-16,22,25-26H,17-21H2,1-6H3,(H,30,31)(H,32,33,34)/t22-,25-,26-/m0/s1. The van der Waals surface area contributed by atoms with Crippen LogP contribution in [0.25, 0.3) is 0 Å². The molecule has 1 aliphatic rings. The van der Waals surface area contributed by atoms with Crippen molar-refractivity contribution in [1.82, 2.24) is 5.32 Å². The predicted molar refractivity (Wildman–Crippen MR) is 154 cm³/mol. The van der Waals surface area contributed by atoms with Crippen LogP contribution in [-0.2, 0) is 19.3 Å². The molecule has 0 aromatic heterocycles. The molecule has 2 aromatic carbocycles. The van der Waals surface area contributed by atoms with E-state index < -0.39 is 30.1 Å². The van der Waals surface area contributed by atoms with Crippen LogP contribution in [0.3, 0.4) is 0 Å². The zero-order valence-electron chi connectivity index (χ0n) is 23.4. The van der Waals surface area contributed by atoms with Gasteiger partial charge >= 0.3 is 6.09 Å². The van der Waals surface area contributed by atoms with Crippen molar-refractivity contribution in [3.63, 3.8) is 0 Å². The molecule has 210 valence electrons. The maximum atomic E-state index is 12.9. The highest BCUT2D eigenvalue weighted by Gasteiger charge is 2.52. The highest BCUT2D eigenvalue weighted by atomic mass is 32.2. The lowest BCUT2D eigenvalue weighted by atomic mass is 9.82. The van der Waals surface area contributed by atoms with Gasteiger partial charge in [-0.05, 0) is 67.8 Å². The van der Waals surface area contributed by atoms with Crippen LogP contribution in [0.5, 0.6) is 0 Å². The Bertz CT molecular complexity index is 1120. The molecule has 2 aromatic rings.